The highest BCUT2D eigenvalue weighted by Gasteiger charge is 2.21. The quantitative estimate of drug-likeness (QED) is 0.821. The van der Waals surface area contributed by atoms with Crippen molar-refractivity contribution in [2.45, 2.75) is 45.6 Å². The van der Waals surface area contributed by atoms with Gasteiger partial charge in [0.25, 0.3) is 0 Å². The zero-order valence-corrected chi connectivity index (χ0v) is 12.4. The molecule has 4 nitrogen and oxygen atoms in total. The van der Waals surface area contributed by atoms with Crippen LogP contribution in [0.3, 0.4) is 0 Å². The van der Waals surface area contributed by atoms with Crippen molar-refractivity contribution < 1.29 is 0 Å². The minimum Gasteiger partial charge on any atom is -0.342 e. The van der Waals surface area contributed by atoms with Crippen LogP contribution in [0.1, 0.15) is 39.0 Å². The van der Waals surface area contributed by atoms with Gasteiger partial charge in [-0.15, -0.1) is 0 Å². The molecule has 1 fully saturated rings. The lowest BCUT2D eigenvalue weighted by atomic mass is 9.94. The lowest BCUT2D eigenvalue weighted by Crippen LogP contribution is -2.36. The van der Waals surface area contributed by atoms with Crippen LogP contribution in [0.15, 0.2) is 12.4 Å². The smallest absolute Gasteiger partial charge is 0.205 e. The Balaban J connectivity index is 1.85. The first-order valence-electron chi connectivity index (χ1n) is 7.75. The summed E-state index contributed by atoms with van der Waals surface area (Å²) in [7, 11) is 2.04. The Bertz CT molecular complexity index is 353. The van der Waals surface area contributed by atoms with Crippen LogP contribution in [-0.2, 0) is 6.54 Å². The van der Waals surface area contributed by atoms with E-state index in [1.54, 1.807) is 0 Å². The van der Waals surface area contributed by atoms with E-state index >= 15 is 0 Å². The number of nitrogens with zero attached hydrogens (tertiary/aromatic N) is 3. The van der Waals surface area contributed by atoms with Gasteiger partial charge in [0.2, 0.25) is 5.95 Å². The molecule has 1 aromatic heterocycles. The zero-order chi connectivity index (χ0) is 13.5. The van der Waals surface area contributed by atoms with Gasteiger partial charge in [-0.05, 0) is 45.2 Å². The molecule has 19 heavy (non-hydrogen) atoms. The zero-order valence-electron chi connectivity index (χ0n) is 12.4. The topological polar surface area (TPSA) is 33.1 Å². The first-order valence-corrected chi connectivity index (χ1v) is 7.75. The fraction of sp³-hybridized carbons (Fsp3) is 0.800. The van der Waals surface area contributed by atoms with Crippen LogP contribution in [0, 0.1) is 5.92 Å². The van der Waals surface area contributed by atoms with E-state index in [-0.39, 0.29) is 0 Å². The molecule has 1 saturated heterocycles. The Labute approximate surface area is 117 Å². The fourth-order valence-corrected chi connectivity index (χ4v) is 2.86. The van der Waals surface area contributed by atoms with Crippen LogP contribution in [0.2, 0.25) is 0 Å². The van der Waals surface area contributed by atoms with Crippen LogP contribution in [0.4, 0.5) is 5.95 Å². The number of aryl methyl sites for hydroxylation is 1. The Morgan fingerprint density at radius 2 is 2.16 bits per heavy atom. The summed E-state index contributed by atoms with van der Waals surface area (Å²) in [6.07, 6.45) is 10.5. The van der Waals surface area contributed by atoms with E-state index < -0.39 is 0 Å². The SMILES string of the molecule is CCCCn1ccnc1N1CCC(CCNC)CC1. The number of hydrogen-bond acceptors (Lipinski definition) is 3. The van der Waals surface area contributed by atoms with Crippen molar-refractivity contribution >= 4 is 5.95 Å². The number of aromatic nitrogens is 2. The van der Waals surface area contributed by atoms with Gasteiger partial charge in [-0.3, -0.25) is 0 Å². The molecule has 0 saturated carbocycles. The molecule has 4 heteroatoms. The van der Waals surface area contributed by atoms with Gasteiger partial charge in [0.1, 0.15) is 0 Å². The molecule has 0 atom stereocenters. The van der Waals surface area contributed by atoms with Crippen LogP contribution in [-0.4, -0.2) is 36.2 Å². The predicted molar refractivity (Wildman–Crippen MR) is 80.6 cm³/mol. The van der Waals surface area contributed by atoms with Crippen LogP contribution >= 0.6 is 0 Å². The number of nitrogens with one attached hydrogen (secondary N) is 1. The third-order valence-electron chi connectivity index (χ3n) is 4.15. The molecule has 1 aliphatic heterocycles. The summed E-state index contributed by atoms with van der Waals surface area (Å²) < 4.78 is 2.32. The predicted octanol–water partition coefficient (Wildman–Crippen LogP) is 2.51. The molecule has 108 valence electrons. The maximum absolute atomic E-state index is 4.56. The number of rotatable bonds is 7. The van der Waals surface area contributed by atoms with Crippen molar-refractivity contribution in [3.8, 4) is 0 Å². The van der Waals surface area contributed by atoms with Gasteiger partial charge in [0, 0.05) is 32.0 Å². The fourth-order valence-electron chi connectivity index (χ4n) is 2.86. The van der Waals surface area contributed by atoms with Crippen molar-refractivity contribution in [2.75, 3.05) is 31.6 Å². The number of hydrogen-bond donors (Lipinski definition) is 1. The largest absolute Gasteiger partial charge is 0.342 e. The molecule has 1 aromatic rings. The average molecular weight is 264 g/mol. The average Bonchev–Trinajstić information content (AvgIpc) is 2.92. The van der Waals surface area contributed by atoms with Gasteiger partial charge in [-0.1, -0.05) is 13.3 Å². The van der Waals surface area contributed by atoms with Crippen LogP contribution in [0.5, 0.6) is 0 Å². The molecule has 0 radical (unpaired) electrons. The van der Waals surface area contributed by atoms with E-state index in [1.165, 1.54) is 38.1 Å². The highest BCUT2D eigenvalue weighted by molar-refractivity contribution is 5.31. The molecular weight excluding hydrogens is 236 g/mol. The highest BCUT2D eigenvalue weighted by Crippen LogP contribution is 2.24. The molecule has 2 rings (SSSR count). The molecular formula is C15H28N4. The van der Waals surface area contributed by atoms with Crippen molar-refractivity contribution in [1.82, 2.24) is 14.9 Å². The number of anilines is 1. The van der Waals surface area contributed by atoms with Gasteiger partial charge in [0.05, 0.1) is 0 Å². The molecule has 0 amide bonds. The maximum Gasteiger partial charge on any atom is 0.205 e. The molecule has 0 bridgehead atoms. The van der Waals surface area contributed by atoms with E-state index in [2.05, 4.69) is 32.9 Å². The van der Waals surface area contributed by atoms with E-state index in [9.17, 15) is 0 Å². The third kappa shape index (κ3) is 3.96. The number of unbranched alkanes of at least 4 members (excludes halogenated alkanes) is 1. The van der Waals surface area contributed by atoms with Gasteiger partial charge in [0.15, 0.2) is 0 Å². The van der Waals surface area contributed by atoms with Crippen molar-refractivity contribution in [3.05, 3.63) is 12.4 Å². The second-order valence-corrected chi connectivity index (χ2v) is 5.60. The second-order valence-electron chi connectivity index (χ2n) is 5.60. The first kappa shape index (κ1) is 14.4. The Kier molecular flexibility index (Phi) is 5.70. The minimum atomic E-state index is 0.891. The molecule has 2 heterocycles. The summed E-state index contributed by atoms with van der Waals surface area (Å²) in [6, 6.07) is 0. The molecule has 0 aromatic carbocycles. The first-order chi connectivity index (χ1) is 9.35. The van der Waals surface area contributed by atoms with Crippen molar-refractivity contribution in [3.63, 3.8) is 0 Å². The molecule has 0 unspecified atom stereocenters. The standard InChI is InChI=1S/C15H28N4/c1-3-4-10-18-13-9-17-15(18)19-11-6-14(7-12-19)5-8-16-2/h9,13-14,16H,3-8,10-12H2,1-2H3. The second kappa shape index (κ2) is 7.53. The van der Waals surface area contributed by atoms with Gasteiger partial charge >= 0.3 is 0 Å². The summed E-state index contributed by atoms with van der Waals surface area (Å²) in [5.74, 6) is 2.07. The van der Waals surface area contributed by atoms with Crippen LogP contribution < -0.4 is 10.2 Å². The van der Waals surface area contributed by atoms with Gasteiger partial charge < -0.3 is 14.8 Å². The lowest BCUT2D eigenvalue weighted by Gasteiger charge is -2.33. The van der Waals surface area contributed by atoms with E-state index in [0.717, 1.165) is 32.1 Å². The summed E-state index contributed by atoms with van der Waals surface area (Å²) >= 11 is 0. The summed E-state index contributed by atoms with van der Waals surface area (Å²) in [4.78, 5) is 7.02. The molecule has 1 N–H and O–H groups in total. The Morgan fingerprint density at radius 3 is 2.84 bits per heavy atom. The van der Waals surface area contributed by atoms with E-state index in [4.69, 9.17) is 0 Å². The van der Waals surface area contributed by atoms with E-state index in [0.29, 0.717) is 0 Å². The third-order valence-corrected chi connectivity index (χ3v) is 4.15. The van der Waals surface area contributed by atoms with Crippen LogP contribution in [0.25, 0.3) is 0 Å². The van der Waals surface area contributed by atoms with Gasteiger partial charge in [-0.2, -0.15) is 0 Å². The molecule has 0 spiro atoms. The van der Waals surface area contributed by atoms with Crippen molar-refractivity contribution in [2.24, 2.45) is 5.92 Å². The Hall–Kier alpha value is -1.03. The molecule has 0 aliphatic carbocycles. The summed E-state index contributed by atoms with van der Waals surface area (Å²) in [5.41, 5.74) is 0. The molecule has 1 aliphatic rings. The van der Waals surface area contributed by atoms with E-state index in [1.807, 2.05) is 13.2 Å². The Morgan fingerprint density at radius 1 is 1.37 bits per heavy atom. The van der Waals surface area contributed by atoms with Gasteiger partial charge in [-0.25, -0.2) is 4.98 Å². The normalized spacial score (nSPS) is 17.1. The summed E-state index contributed by atoms with van der Waals surface area (Å²) in [6.45, 7) is 6.82. The lowest BCUT2D eigenvalue weighted by molar-refractivity contribution is 0.373. The van der Waals surface area contributed by atoms with Crippen molar-refractivity contribution in [1.29, 1.82) is 0 Å². The maximum atomic E-state index is 4.56. The summed E-state index contributed by atoms with van der Waals surface area (Å²) in [5, 5.41) is 3.26. The highest BCUT2D eigenvalue weighted by atomic mass is 15.3. The number of piperidine rings is 1. The monoisotopic (exact) mass is 264 g/mol. The minimum absolute atomic E-state index is 0.891. The number of imidazole rings is 1.